The molecule has 8 nitrogen and oxygen atoms in total. The van der Waals surface area contributed by atoms with E-state index < -0.39 is 12.7 Å². The van der Waals surface area contributed by atoms with E-state index in [4.69, 9.17) is 20.1 Å². The summed E-state index contributed by atoms with van der Waals surface area (Å²) in [4.78, 5) is 8.14. The lowest BCUT2D eigenvalue weighted by Crippen LogP contribution is -2.26. The van der Waals surface area contributed by atoms with E-state index in [1.165, 1.54) is 12.1 Å². The first-order chi connectivity index (χ1) is 13.0. The Balaban J connectivity index is 1.70. The van der Waals surface area contributed by atoms with Crippen LogP contribution in [0, 0.1) is 0 Å². The number of aromatic nitrogens is 3. The zero-order valence-corrected chi connectivity index (χ0v) is 14.0. The number of hydrogen-bond donors (Lipinski definition) is 2. The van der Waals surface area contributed by atoms with E-state index in [9.17, 15) is 8.78 Å². The summed E-state index contributed by atoms with van der Waals surface area (Å²) in [6.07, 6.45) is 1.40. The number of halogens is 2. The first-order valence-corrected chi connectivity index (χ1v) is 7.91. The number of alkyl halides is 2. The summed E-state index contributed by atoms with van der Waals surface area (Å²) >= 11 is 0. The van der Waals surface area contributed by atoms with Crippen LogP contribution in [0.3, 0.4) is 0 Å². The Bertz CT molecular complexity index is 873. The zero-order chi connectivity index (χ0) is 19.2. The molecular formula is C17H16F2N4O4. The van der Waals surface area contributed by atoms with Crippen molar-refractivity contribution in [2.45, 2.75) is 19.1 Å². The number of nitrogens with zero attached hydrogens (tertiary/aromatic N) is 3. The molecule has 1 aromatic carbocycles. The van der Waals surface area contributed by atoms with E-state index >= 15 is 0 Å². The third kappa shape index (κ3) is 5.19. The van der Waals surface area contributed by atoms with Crippen LogP contribution in [0.1, 0.15) is 5.89 Å². The van der Waals surface area contributed by atoms with Crippen molar-refractivity contribution in [1.29, 1.82) is 0 Å². The largest absolute Gasteiger partial charge is 0.439 e. The van der Waals surface area contributed by atoms with Gasteiger partial charge in [-0.15, -0.1) is 0 Å². The van der Waals surface area contributed by atoms with Crippen LogP contribution in [0.2, 0.25) is 0 Å². The van der Waals surface area contributed by atoms with E-state index in [2.05, 4.69) is 19.9 Å². The third-order valence-corrected chi connectivity index (χ3v) is 3.39. The van der Waals surface area contributed by atoms with Gasteiger partial charge in [-0.3, -0.25) is 0 Å². The molecule has 27 heavy (non-hydrogen) atoms. The molecule has 0 aliphatic carbocycles. The fourth-order valence-electron chi connectivity index (χ4n) is 2.16. The molecular weight excluding hydrogens is 362 g/mol. The highest BCUT2D eigenvalue weighted by atomic mass is 19.3. The molecule has 1 atom stereocenters. The molecule has 1 unspecified atom stereocenters. The minimum Gasteiger partial charge on any atom is -0.439 e. The molecule has 10 heteroatoms. The summed E-state index contributed by atoms with van der Waals surface area (Å²) in [5.41, 5.74) is 6.28. The fraction of sp³-hybridized carbons (Fsp3) is 0.235. The van der Waals surface area contributed by atoms with Crippen LogP contribution in [-0.2, 0) is 6.42 Å². The van der Waals surface area contributed by atoms with E-state index in [0.717, 1.165) is 6.20 Å². The summed E-state index contributed by atoms with van der Waals surface area (Å²) in [6, 6.07) is 9.12. The molecule has 2 aromatic heterocycles. The number of nitrogens with two attached hydrogens (primary N) is 1. The second kappa shape index (κ2) is 8.52. The Morgan fingerprint density at radius 2 is 2.04 bits per heavy atom. The Morgan fingerprint density at radius 3 is 2.74 bits per heavy atom. The van der Waals surface area contributed by atoms with Gasteiger partial charge in [0.2, 0.25) is 17.6 Å². The van der Waals surface area contributed by atoms with Crippen LogP contribution in [0.25, 0.3) is 11.4 Å². The van der Waals surface area contributed by atoms with Crippen LogP contribution in [0.15, 0.2) is 47.1 Å². The fourth-order valence-corrected chi connectivity index (χ4v) is 2.16. The number of aliphatic hydroxyl groups is 1. The van der Waals surface area contributed by atoms with Crippen molar-refractivity contribution >= 4 is 0 Å². The van der Waals surface area contributed by atoms with Gasteiger partial charge >= 0.3 is 6.61 Å². The average molecular weight is 378 g/mol. The second-order valence-electron chi connectivity index (χ2n) is 5.50. The van der Waals surface area contributed by atoms with Crippen LogP contribution in [0.5, 0.6) is 17.4 Å². The Labute approximate surface area is 152 Å². The highest BCUT2D eigenvalue weighted by molar-refractivity contribution is 5.57. The minimum absolute atomic E-state index is 0.0634. The van der Waals surface area contributed by atoms with Crippen molar-refractivity contribution in [3.05, 3.63) is 48.5 Å². The summed E-state index contributed by atoms with van der Waals surface area (Å²) in [5, 5.41) is 12.9. The number of benzene rings is 1. The normalized spacial score (nSPS) is 12.2. The van der Waals surface area contributed by atoms with Gasteiger partial charge in [0, 0.05) is 24.1 Å². The van der Waals surface area contributed by atoms with Crippen molar-refractivity contribution in [3.63, 3.8) is 0 Å². The topological polar surface area (TPSA) is 117 Å². The van der Waals surface area contributed by atoms with Gasteiger partial charge in [-0.05, 0) is 18.2 Å². The van der Waals surface area contributed by atoms with E-state index in [-0.39, 0.29) is 24.7 Å². The zero-order valence-electron chi connectivity index (χ0n) is 14.0. The smallest absolute Gasteiger partial charge is 0.387 e. The average Bonchev–Trinajstić information content (AvgIpc) is 3.11. The molecule has 0 saturated carbocycles. The van der Waals surface area contributed by atoms with E-state index in [1.807, 2.05) is 0 Å². The Kier molecular flexibility index (Phi) is 5.89. The third-order valence-electron chi connectivity index (χ3n) is 3.39. The summed E-state index contributed by atoms with van der Waals surface area (Å²) in [7, 11) is 0. The van der Waals surface area contributed by atoms with E-state index in [0.29, 0.717) is 23.0 Å². The maximum absolute atomic E-state index is 12.1. The van der Waals surface area contributed by atoms with Gasteiger partial charge in [0.15, 0.2) is 0 Å². The molecule has 3 aromatic rings. The molecule has 0 spiro atoms. The first-order valence-electron chi connectivity index (χ1n) is 7.91. The molecule has 0 saturated heterocycles. The summed E-state index contributed by atoms with van der Waals surface area (Å²) < 4.78 is 39.2. The quantitative estimate of drug-likeness (QED) is 0.614. The molecule has 2 heterocycles. The molecule has 3 rings (SSSR count). The number of ether oxygens (including phenoxy) is 2. The van der Waals surface area contributed by atoms with Gasteiger partial charge in [0.1, 0.15) is 11.5 Å². The standard InChI is InChI=1S/C17H16F2N4O4/c18-17(19)26-13-4-5-14(21-8-13)25-12-3-1-2-10(6-12)16-22-15(27-23-16)7-11(20)9-24/h1-6,8,11,17,24H,7,9,20H2. The van der Waals surface area contributed by atoms with Crippen molar-refractivity contribution in [2.75, 3.05) is 6.61 Å². The lowest BCUT2D eigenvalue weighted by Gasteiger charge is -2.07. The minimum atomic E-state index is -2.91. The highest BCUT2D eigenvalue weighted by Gasteiger charge is 2.13. The van der Waals surface area contributed by atoms with Crippen LogP contribution in [0.4, 0.5) is 8.78 Å². The summed E-state index contributed by atoms with van der Waals surface area (Å²) in [5.74, 6) is 1.24. The van der Waals surface area contributed by atoms with Crippen molar-refractivity contribution in [3.8, 4) is 28.8 Å². The van der Waals surface area contributed by atoms with Gasteiger partial charge in [-0.1, -0.05) is 17.3 Å². The molecule has 0 aliphatic heterocycles. The number of rotatable bonds is 8. The molecule has 0 bridgehead atoms. The van der Waals surface area contributed by atoms with Crippen LogP contribution in [-0.4, -0.2) is 39.5 Å². The predicted octanol–water partition coefficient (Wildman–Crippen LogP) is 2.39. The van der Waals surface area contributed by atoms with Crippen LogP contribution < -0.4 is 15.2 Å². The van der Waals surface area contributed by atoms with Crippen molar-refractivity contribution < 1.29 is 27.9 Å². The lowest BCUT2D eigenvalue weighted by molar-refractivity contribution is -0.0501. The van der Waals surface area contributed by atoms with Gasteiger partial charge < -0.3 is 24.8 Å². The molecule has 3 N–H and O–H groups in total. The molecule has 0 fully saturated rings. The SMILES string of the molecule is NC(CO)Cc1nc(-c2cccc(Oc3ccc(OC(F)F)cn3)c2)no1. The number of aliphatic hydroxyl groups excluding tert-OH is 1. The summed E-state index contributed by atoms with van der Waals surface area (Å²) in [6.45, 7) is -3.10. The maximum atomic E-state index is 12.1. The van der Waals surface area contributed by atoms with Gasteiger partial charge in [0.25, 0.3) is 0 Å². The van der Waals surface area contributed by atoms with E-state index in [1.54, 1.807) is 24.3 Å². The van der Waals surface area contributed by atoms with Gasteiger partial charge in [-0.25, -0.2) is 4.98 Å². The molecule has 142 valence electrons. The highest BCUT2D eigenvalue weighted by Crippen LogP contribution is 2.26. The Morgan fingerprint density at radius 1 is 1.19 bits per heavy atom. The number of pyridine rings is 1. The molecule has 0 amide bonds. The number of hydrogen-bond acceptors (Lipinski definition) is 8. The van der Waals surface area contributed by atoms with Gasteiger partial charge in [-0.2, -0.15) is 13.8 Å². The Hall–Kier alpha value is -3.11. The first kappa shape index (κ1) is 18.7. The van der Waals surface area contributed by atoms with Gasteiger partial charge in [0.05, 0.1) is 12.8 Å². The maximum Gasteiger partial charge on any atom is 0.387 e. The molecule has 0 radical (unpaired) electrons. The van der Waals surface area contributed by atoms with Crippen molar-refractivity contribution in [1.82, 2.24) is 15.1 Å². The van der Waals surface area contributed by atoms with Crippen LogP contribution >= 0.6 is 0 Å². The van der Waals surface area contributed by atoms with Crippen molar-refractivity contribution in [2.24, 2.45) is 5.73 Å². The monoisotopic (exact) mass is 378 g/mol. The lowest BCUT2D eigenvalue weighted by atomic mass is 10.2. The molecule has 0 aliphatic rings. The second-order valence-corrected chi connectivity index (χ2v) is 5.50. The predicted molar refractivity (Wildman–Crippen MR) is 89.4 cm³/mol.